The summed E-state index contributed by atoms with van der Waals surface area (Å²) in [6.07, 6.45) is 0. The molecule has 0 rings (SSSR count). The van der Waals surface area contributed by atoms with Crippen LogP contribution in [-0.4, -0.2) is 42.7 Å². The first-order valence-electron chi connectivity index (χ1n) is 2.89. The van der Waals surface area contributed by atoms with Crippen molar-refractivity contribution in [2.45, 2.75) is 0 Å². The van der Waals surface area contributed by atoms with Crippen molar-refractivity contribution >= 4 is 5.91 Å². The van der Waals surface area contributed by atoms with Crippen molar-refractivity contribution in [2.75, 3.05) is 26.8 Å². The smallest absolute Gasteiger partial charge is 0.250 e. The average Bonchev–Trinajstić information content (AvgIpc) is 1.89. The molecule has 0 spiro atoms. The second kappa shape index (κ2) is 5.16. The summed E-state index contributed by atoms with van der Waals surface area (Å²) >= 11 is 0. The van der Waals surface area contributed by atoms with Crippen LogP contribution in [0.4, 0.5) is 0 Å². The van der Waals surface area contributed by atoms with E-state index < -0.39 is 0 Å². The summed E-state index contributed by atoms with van der Waals surface area (Å²) in [6, 6.07) is 0. The SMILES string of the molecule is CN(CCO)C(=O)CON. The molecule has 1 amide bonds. The minimum absolute atomic E-state index is 0.0488. The standard InChI is InChI=1S/C5H12N2O3/c1-7(2-3-8)5(9)4-10-6/h8H,2-4,6H2,1H3. The maximum atomic E-state index is 10.7. The quantitative estimate of drug-likeness (QED) is 0.467. The van der Waals surface area contributed by atoms with Crippen LogP contribution in [0.25, 0.3) is 0 Å². The van der Waals surface area contributed by atoms with Crippen LogP contribution >= 0.6 is 0 Å². The largest absolute Gasteiger partial charge is 0.395 e. The third-order valence-corrected chi connectivity index (χ3v) is 1.07. The van der Waals surface area contributed by atoms with Gasteiger partial charge in [0.05, 0.1) is 6.61 Å². The molecule has 0 saturated heterocycles. The summed E-state index contributed by atoms with van der Waals surface area (Å²) in [5.74, 6) is 4.41. The van der Waals surface area contributed by atoms with E-state index in [1.54, 1.807) is 7.05 Å². The van der Waals surface area contributed by atoms with E-state index >= 15 is 0 Å². The Balaban J connectivity index is 3.49. The molecule has 5 heteroatoms. The van der Waals surface area contributed by atoms with Gasteiger partial charge in [-0.15, -0.1) is 0 Å². The number of likely N-dealkylation sites (N-methyl/N-ethyl adjacent to an activating group) is 1. The first-order valence-corrected chi connectivity index (χ1v) is 2.89. The average molecular weight is 148 g/mol. The molecule has 0 aromatic carbocycles. The van der Waals surface area contributed by atoms with Gasteiger partial charge in [0, 0.05) is 13.6 Å². The van der Waals surface area contributed by atoms with Gasteiger partial charge < -0.3 is 10.0 Å². The van der Waals surface area contributed by atoms with Gasteiger partial charge in [0.15, 0.2) is 0 Å². The lowest BCUT2D eigenvalue weighted by Gasteiger charge is -2.13. The van der Waals surface area contributed by atoms with E-state index in [4.69, 9.17) is 5.11 Å². The number of aliphatic hydroxyl groups is 1. The van der Waals surface area contributed by atoms with Crippen LogP contribution < -0.4 is 5.90 Å². The van der Waals surface area contributed by atoms with Gasteiger partial charge in [0.1, 0.15) is 6.61 Å². The number of nitrogens with zero attached hydrogens (tertiary/aromatic N) is 1. The Morgan fingerprint density at radius 1 is 1.80 bits per heavy atom. The number of rotatable bonds is 4. The number of amides is 1. The first kappa shape index (κ1) is 9.35. The zero-order valence-corrected chi connectivity index (χ0v) is 5.91. The second-order valence-corrected chi connectivity index (χ2v) is 1.85. The maximum absolute atomic E-state index is 10.7. The monoisotopic (exact) mass is 148 g/mol. The predicted molar refractivity (Wildman–Crippen MR) is 34.9 cm³/mol. The summed E-state index contributed by atoms with van der Waals surface area (Å²) in [7, 11) is 1.57. The van der Waals surface area contributed by atoms with Gasteiger partial charge in [-0.25, -0.2) is 5.90 Å². The van der Waals surface area contributed by atoms with E-state index in [2.05, 4.69) is 10.7 Å². The number of hydrogen-bond donors (Lipinski definition) is 2. The molecule has 0 aliphatic heterocycles. The molecule has 0 aromatic heterocycles. The molecule has 0 aromatic rings. The highest BCUT2D eigenvalue weighted by atomic mass is 16.6. The van der Waals surface area contributed by atoms with Gasteiger partial charge in [-0.2, -0.15) is 0 Å². The van der Waals surface area contributed by atoms with Gasteiger partial charge >= 0.3 is 0 Å². The summed E-state index contributed by atoms with van der Waals surface area (Å²) < 4.78 is 0. The molecule has 0 fully saturated rings. The van der Waals surface area contributed by atoms with Gasteiger partial charge in [-0.3, -0.25) is 9.63 Å². The van der Waals surface area contributed by atoms with E-state index in [9.17, 15) is 4.79 Å². The maximum Gasteiger partial charge on any atom is 0.250 e. The lowest BCUT2D eigenvalue weighted by Crippen LogP contribution is -2.33. The molecule has 10 heavy (non-hydrogen) atoms. The van der Waals surface area contributed by atoms with E-state index in [-0.39, 0.29) is 19.1 Å². The van der Waals surface area contributed by atoms with Crippen LogP contribution in [0.2, 0.25) is 0 Å². The van der Waals surface area contributed by atoms with Crippen molar-refractivity contribution in [3.8, 4) is 0 Å². The van der Waals surface area contributed by atoms with Crippen LogP contribution in [0.15, 0.2) is 0 Å². The van der Waals surface area contributed by atoms with E-state index in [1.807, 2.05) is 0 Å². The van der Waals surface area contributed by atoms with Crippen LogP contribution in [0.3, 0.4) is 0 Å². The zero-order valence-electron chi connectivity index (χ0n) is 5.91. The van der Waals surface area contributed by atoms with Gasteiger partial charge in [-0.1, -0.05) is 0 Å². The van der Waals surface area contributed by atoms with Gasteiger partial charge in [0.2, 0.25) is 0 Å². The van der Waals surface area contributed by atoms with Crippen molar-refractivity contribution in [3.63, 3.8) is 0 Å². The Kier molecular flexibility index (Phi) is 4.82. The third-order valence-electron chi connectivity index (χ3n) is 1.07. The lowest BCUT2D eigenvalue weighted by molar-refractivity contribution is -0.135. The topological polar surface area (TPSA) is 75.8 Å². The second-order valence-electron chi connectivity index (χ2n) is 1.85. The van der Waals surface area contributed by atoms with Gasteiger partial charge in [0.25, 0.3) is 5.91 Å². The number of carbonyl (C=O) groups is 1. The van der Waals surface area contributed by atoms with Crippen LogP contribution in [0.5, 0.6) is 0 Å². The summed E-state index contributed by atoms with van der Waals surface area (Å²) in [4.78, 5) is 16.2. The lowest BCUT2D eigenvalue weighted by atomic mass is 10.5. The highest BCUT2D eigenvalue weighted by Crippen LogP contribution is 1.82. The zero-order chi connectivity index (χ0) is 7.98. The highest BCUT2D eigenvalue weighted by molar-refractivity contribution is 5.77. The van der Waals surface area contributed by atoms with Crippen molar-refractivity contribution in [1.82, 2.24) is 4.90 Å². The minimum atomic E-state index is -0.239. The van der Waals surface area contributed by atoms with Gasteiger partial charge in [-0.05, 0) is 0 Å². The predicted octanol–water partition coefficient (Wildman–Crippen LogP) is -1.67. The molecule has 60 valence electrons. The van der Waals surface area contributed by atoms with Crippen LogP contribution in [-0.2, 0) is 9.63 Å². The normalized spacial score (nSPS) is 9.50. The molecular formula is C5H12N2O3. The Bertz CT molecular complexity index is 107. The molecule has 0 bridgehead atoms. The molecule has 0 saturated carbocycles. The molecule has 0 heterocycles. The van der Waals surface area contributed by atoms with E-state index in [0.29, 0.717) is 6.54 Å². The minimum Gasteiger partial charge on any atom is -0.395 e. The molecular weight excluding hydrogens is 136 g/mol. The number of hydrogen-bond acceptors (Lipinski definition) is 4. The summed E-state index contributed by atoms with van der Waals surface area (Å²) in [5, 5.41) is 8.39. The van der Waals surface area contributed by atoms with Crippen LogP contribution in [0, 0.1) is 0 Å². The summed E-state index contributed by atoms with van der Waals surface area (Å²) in [6.45, 7) is 0.117. The Hall–Kier alpha value is -0.650. The number of aliphatic hydroxyl groups excluding tert-OH is 1. The number of carbonyl (C=O) groups excluding carboxylic acids is 1. The van der Waals surface area contributed by atoms with E-state index in [0.717, 1.165) is 0 Å². The number of nitrogens with two attached hydrogens (primary N) is 1. The Labute approximate surface area is 59.3 Å². The van der Waals surface area contributed by atoms with Crippen molar-refractivity contribution in [2.24, 2.45) is 5.90 Å². The Morgan fingerprint density at radius 2 is 2.40 bits per heavy atom. The molecule has 3 N–H and O–H groups in total. The molecule has 0 unspecified atom stereocenters. The first-order chi connectivity index (χ1) is 4.72. The molecule has 5 nitrogen and oxygen atoms in total. The molecule has 0 radical (unpaired) electrons. The summed E-state index contributed by atoms with van der Waals surface area (Å²) in [5.41, 5.74) is 0. The van der Waals surface area contributed by atoms with Crippen molar-refractivity contribution < 1.29 is 14.7 Å². The Morgan fingerprint density at radius 3 is 2.80 bits per heavy atom. The van der Waals surface area contributed by atoms with Crippen LogP contribution in [0.1, 0.15) is 0 Å². The van der Waals surface area contributed by atoms with Crippen molar-refractivity contribution in [3.05, 3.63) is 0 Å². The fourth-order valence-electron chi connectivity index (χ4n) is 0.456. The fraction of sp³-hybridized carbons (Fsp3) is 0.800. The van der Waals surface area contributed by atoms with Crippen molar-refractivity contribution in [1.29, 1.82) is 0 Å². The molecule has 0 aliphatic rings. The fourth-order valence-corrected chi connectivity index (χ4v) is 0.456. The highest BCUT2D eigenvalue weighted by Gasteiger charge is 2.05. The molecule has 0 atom stereocenters. The molecule has 0 aliphatic carbocycles. The van der Waals surface area contributed by atoms with E-state index in [1.165, 1.54) is 4.90 Å². The third kappa shape index (κ3) is 3.39.